The van der Waals surface area contributed by atoms with E-state index in [1.165, 1.54) is 4.88 Å². The molecule has 1 aromatic rings. The molecule has 0 atom stereocenters. The van der Waals surface area contributed by atoms with Crippen LogP contribution in [0.15, 0.2) is 15.9 Å². The van der Waals surface area contributed by atoms with Crippen LogP contribution in [0.1, 0.15) is 4.88 Å². The number of thiophene rings is 1. The average Bonchev–Trinajstić information content (AvgIpc) is 2.52. The molecule has 3 nitrogen and oxygen atoms in total. The highest BCUT2D eigenvalue weighted by atomic mass is 79.9. The Morgan fingerprint density at radius 2 is 2.50 bits per heavy atom. The second-order valence-electron chi connectivity index (χ2n) is 3.25. The van der Waals surface area contributed by atoms with Gasteiger partial charge in [0.15, 0.2) is 0 Å². The summed E-state index contributed by atoms with van der Waals surface area (Å²) in [6.45, 7) is 3.09. The lowest BCUT2D eigenvalue weighted by Gasteiger charge is -2.25. The van der Waals surface area contributed by atoms with Gasteiger partial charge in [-0.05, 0) is 27.4 Å². The van der Waals surface area contributed by atoms with Crippen molar-refractivity contribution in [3.8, 4) is 0 Å². The van der Waals surface area contributed by atoms with Crippen LogP contribution in [0.5, 0.6) is 0 Å². The van der Waals surface area contributed by atoms with Crippen molar-refractivity contribution >= 4 is 33.2 Å². The van der Waals surface area contributed by atoms with E-state index in [0.29, 0.717) is 6.54 Å². The van der Waals surface area contributed by atoms with Crippen LogP contribution < -0.4 is 5.32 Å². The Balaban J connectivity index is 1.97. The van der Waals surface area contributed by atoms with E-state index >= 15 is 0 Å². The molecule has 1 saturated heterocycles. The number of halogens is 1. The van der Waals surface area contributed by atoms with Crippen LogP contribution in [0, 0.1) is 0 Å². The van der Waals surface area contributed by atoms with Gasteiger partial charge in [-0.3, -0.25) is 9.69 Å². The molecule has 0 aliphatic carbocycles. The monoisotopic (exact) mass is 274 g/mol. The number of carbonyl (C=O) groups excluding carboxylic acids is 1. The Morgan fingerprint density at radius 3 is 3.14 bits per heavy atom. The van der Waals surface area contributed by atoms with Gasteiger partial charge in [-0.2, -0.15) is 0 Å². The first kappa shape index (κ1) is 10.1. The topological polar surface area (TPSA) is 32.3 Å². The van der Waals surface area contributed by atoms with Gasteiger partial charge >= 0.3 is 0 Å². The Hall–Kier alpha value is -0.390. The van der Waals surface area contributed by atoms with Gasteiger partial charge in [0.25, 0.3) is 0 Å². The Kier molecular flexibility index (Phi) is 3.20. The van der Waals surface area contributed by atoms with Crippen molar-refractivity contribution in [2.45, 2.75) is 6.54 Å². The van der Waals surface area contributed by atoms with E-state index in [9.17, 15) is 4.79 Å². The van der Waals surface area contributed by atoms with Gasteiger partial charge in [0.1, 0.15) is 0 Å². The normalized spacial score (nSPS) is 18.2. The van der Waals surface area contributed by atoms with Crippen LogP contribution in [0.25, 0.3) is 0 Å². The zero-order valence-corrected chi connectivity index (χ0v) is 10.0. The van der Waals surface area contributed by atoms with E-state index in [1.54, 1.807) is 11.3 Å². The third kappa shape index (κ3) is 2.34. The molecule has 14 heavy (non-hydrogen) atoms. The maximum absolute atomic E-state index is 11.1. The third-order valence-corrected chi connectivity index (χ3v) is 4.09. The van der Waals surface area contributed by atoms with Crippen molar-refractivity contribution in [2.75, 3.05) is 19.6 Å². The zero-order valence-electron chi connectivity index (χ0n) is 7.62. The number of nitrogens with one attached hydrogen (secondary N) is 1. The molecule has 1 aliphatic heterocycles. The summed E-state index contributed by atoms with van der Waals surface area (Å²) < 4.78 is 1.15. The summed E-state index contributed by atoms with van der Waals surface area (Å²) in [6.07, 6.45) is 0. The first-order chi connectivity index (χ1) is 6.75. The molecule has 1 N–H and O–H groups in total. The molecular formula is C9H11BrN2OS. The molecule has 1 amide bonds. The number of rotatable bonds is 2. The van der Waals surface area contributed by atoms with Crippen LogP contribution >= 0.6 is 27.3 Å². The fraction of sp³-hybridized carbons (Fsp3) is 0.444. The maximum atomic E-state index is 11.1. The fourth-order valence-electron chi connectivity index (χ4n) is 1.47. The SMILES string of the molecule is O=C1CN(Cc2sccc2Br)CCN1. The molecule has 2 rings (SSSR count). The molecule has 1 fully saturated rings. The molecular weight excluding hydrogens is 264 g/mol. The molecule has 0 bridgehead atoms. The molecule has 0 saturated carbocycles. The predicted molar refractivity (Wildman–Crippen MR) is 60.3 cm³/mol. The molecule has 1 aliphatic rings. The van der Waals surface area contributed by atoms with Crippen molar-refractivity contribution in [2.24, 2.45) is 0 Å². The smallest absolute Gasteiger partial charge is 0.234 e. The van der Waals surface area contributed by atoms with Crippen LogP contribution in [0.3, 0.4) is 0 Å². The maximum Gasteiger partial charge on any atom is 0.234 e. The van der Waals surface area contributed by atoms with Crippen molar-refractivity contribution in [3.63, 3.8) is 0 Å². The lowest BCUT2D eigenvalue weighted by Crippen LogP contribution is -2.46. The minimum absolute atomic E-state index is 0.129. The summed E-state index contributed by atoms with van der Waals surface area (Å²) in [6, 6.07) is 2.05. The van der Waals surface area contributed by atoms with E-state index < -0.39 is 0 Å². The van der Waals surface area contributed by atoms with Crippen molar-refractivity contribution < 1.29 is 4.79 Å². The third-order valence-electron chi connectivity index (χ3n) is 2.18. The summed E-state index contributed by atoms with van der Waals surface area (Å²) in [5, 5.41) is 4.88. The lowest BCUT2D eigenvalue weighted by molar-refractivity contribution is -0.124. The number of carbonyl (C=O) groups is 1. The van der Waals surface area contributed by atoms with Gasteiger partial charge in [-0.25, -0.2) is 0 Å². The quantitative estimate of drug-likeness (QED) is 0.886. The van der Waals surface area contributed by atoms with Gasteiger partial charge in [0.2, 0.25) is 5.91 Å². The Bertz CT molecular complexity index is 339. The molecule has 76 valence electrons. The molecule has 2 heterocycles. The van der Waals surface area contributed by atoms with E-state index in [1.807, 2.05) is 6.07 Å². The van der Waals surface area contributed by atoms with Gasteiger partial charge in [-0.15, -0.1) is 11.3 Å². The zero-order chi connectivity index (χ0) is 9.97. The average molecular weight is 275 g/mol. The fourth-order valence-corrected chi connectivity index (χ4v) is 2.99. The predicted octanol–water partition coefficient (Wildman–Crippen LogP) is 1.44. The molecule has 0 radical (unpaired) electrons. The molecule has 0 aromatic carbocycles. The van der Waals surface area contributed by atoms with E-state index in [0.717, 1.165) is 24.1 Å². The van der Waals surface area contributed by atoms with Gasteiger partial charge < -0.3 is 5.32 Å². The van der Waals surface area contributed by atoms with E-state index in [-0.39, 0.29) is 5.91 Å². The summed E-state index contributed by atoms with van der Waals surface area (Å²) >= 11 is 5.22. The molecule has 0 spiro atoms. The van der Waals surface area contributed by atoms with Crippen molar-refractivity contribution in [1.29, 1.82) is 0 Å². The van der Waals surface area contributed by atoms with Crippen molar-refractivity contribution in [3.05, 3.63) is 20.8 Å². The largest absolute Gasteiger partial charge is 0.354 e. The minimum atomic E-state index is 0.129. The standard InChI is InChI=1S/C9H11BrN2OS/c10-7-1-4-14-8(7)5-12-3-2-11-9(13)6-12/h1,4H,2-3,5-6H2,(H,11,13). The highest BCUT2D eigenvalue weighted by molar-refractivity contribution is 9.10. The number of hydrogen-bond donors (Lipinski definition) is 1. The van der Waals surface area contributed by atoms with Crippen LogP contribution in [0.4, 0.5) is 0 Å². The minimum Gasteiger partial charge on any atom is -0.354 e. The van der Waals surface area contributed by atoms with E-state index in [2.05, 4.69) is 31.5 Å². The summed E-state index contributed by atoms with van der Waals surface area (Å²) in [5.74, 6) is 0.129. The molecule has 0 unspecified atom stereocenters. The second-order valence-corrected chi connectivity index (χ2v) is 5.11. The summed E-state index contributed by atoms with van der Waals surface area (Å²) in [5.41, 5.74) is 0. The van der Waals surface area contributed by atoms with E-state index in [4.69, 9.17) is 0 Å². The first-order valence-electron chi connectivity index (χ1n) is 4.46. The number of nitrogens with zero attached hydrogens (tertiary/aromatic N) is 1. The molecule has 1 aromatic heterocycles. The first-order valence-corrected chi connectivity index (χ1v) is 6.14. The van der Waals surface area contributed by atoms with Gasteiger partial charge in [-0.1, -0.05) is 0 Å². The summed E-state index contributed by atoms with van der Waals surface area (Å²) in [7, 11) is 0. The molecule has 5 heteroatoms. The summed E-state index contributed by atoms with van der Waals surface area (Å²) in [4.78, 5) is 14.6. The number of amides is 1. The Morgan fingerprint density at radius 1 is 1.64 bits per heavy atom. The van der Waals surface area contributed by atoms with Gasteiger partial charge in [0, 0.05) is 29.0 Å². The van der Waals surface area contributed by atoms with Crippen LogP contribution in [-0.2, 0) is 11.3 Å². The lowest BCUT2D eigenvalue weighted by atomic mass is 10.3. The highest BCUT2D eigenvalue weighted by Crippen LogP contribution is 2.24. The number of hydrogen-bond acceptors (Lipinski definition) is 3. The Labute approximate surface area is 95.2 Å². The van der Waals surface area contributed by atoms with Crippen LogP contribution in [0.2, 0.25) is 0 Å². The van der Waals surface area contributed by atoms with Gasteiger partial charge in [0.05, 0.1) is 6.54 Å². The highest BCUT2D eigenvalue weighted by Gasteiger charge is 2.17. The second kappa shape index (κ2) is 4.42. The van der Waals surface area contributed by atoms with Crippen LogP contribution in [-0.4, -0.2) is 30.4 Å². The van der Waals surface area contributed by atoms with Crippen molar-refractivity contribution in [1.82, 2.24) is 10.2 Å². The number of piperazine rings is 1.